The Morgan fingerprint density at radius 3 is 2.15 bits per heavy atom. The first kappa shape index (κ1) is 16.0. The van der Waals surface area contributed by atoms with Gasteiger partial charge in [0.1, 0.15) is 0 Å². The first-order valence-electron chi connectivity index (χ1n) is 7.89. The van der Waals surface area contributed by atoms with Crippen LogP contribution in [0.4, 0.5) is 0 Å². The van der Waals surface area contributed by atoms with Crippen LogP contribution < -0.4 is 0 Å². The topological polar surface area (TPSA) is 40.5 Å². The highest BCUT2D eigenvalue weighted by Crippen LogP contribution is 2.76. The maximum absolute atomic E-state index is 11.5. The van der Waals surface area contributed by atoms with E-state index < -0.39 is 11.0 Å². The summed E-state index contributed by atoms with van der Waals surface area (Å²) in [5.41, 5.74) is -0.234. The van der Waals surface area contributed by atoms with Gasteiger partial charge in [-0.1, -0.05) is 60.6 Å². The van der Waals surface area contributed by atoms with Crippen molar-refractivity contribution in [3.63, 3.8) is 0 Å². The van der Waals surface area contributed by atoms with Crippen molar-refractivity contribution < 1.29 is 10.2 Å². The van der Waals surface area contributed by atoms with Gasteiger partial charge < -0.3 is 10.2 Å². The van der Waals surface area contributed by atoms with Gasteiger partial charge in [0.25, 0.3) is 0 Å². The molecule has 0 unspecified atom stereocenters. The minimum Gasteiger partial charge on any atom is -0.395 e. The number of hydrogen-bond donors (Lipinski definition) is 2. The van der Waals surface area contributed by atoms with Gasteiger partial charge in [0.05, 0.1) is 12.2 Å². The normalized spacial score (nSPS) is 43.6. The molecule has 0 aromatic rings. The quantitative estimate of drug-likeness (QED) is 0.758. The zero-order valence-corrected chi connectivity index (χ0v) is 14.2. The third kappa shape index (κ3) is 1.58. The van der Waals surface area contributed by atoms with Gasteiger partial charge in [-0.15, -0.1) is 0 Å². The molecule has 4 atom stereocenters. The smallest absolute Gasteiger partial charge is 0.0793 e. The molecule has 2 nitrogen and oxygen atoms in total. The average Bonchev–Trinajstić information content (AvgIpc) is 2.22. The van der Waals surface area contributed by atoms with Crippen LogP contribution in [0.3, 0.4) is 0 Å². The molecule has 0 radical (unpaired) electrons. The Hall–Kier alpha value is -0.340. The summed E-state index contributed by atoms with van der Waals surface area (Å²) in [6.45, 7) is 19.6. The van der Waals surface area contributed by atoms with E-state index in [1.807, 2.05) is 0 Å². The highest BCUT2D eigenvalue weighted by molar-refractivity contribution is 5.41. The molecule has 0 saturated heterocycles. The number of aliphatic hydroxyl groups is 2. The second-order valence-corrected chi connectivity index (χ2v) is 9.22. The van der Waals surface area contributed by atoms with Crippen molar-refractivity contribution in [1.82, 2.24) is 0 Å². The highest BCUT2D eigenvalue weighted by atomic mass is 16.3. The molecule has 2 heteroatoms. The zero-order valence-electron chi connectivity index (χ0n) is 14.2. The summed E-state index contributed by atoms with van der Waals surface area (Å²) in [5.74, 6) is 0.786. The second kappa shape index (κ2) is 4.10. The largest absolute Gasteiger partial charge is 0.395 e. The molecule has 0 heterocycles. The van der Waals surface area contributed by atoms with Gasteiger partial charge in [-0.25, -0.2) is 0 Å². The molecule has 116 valence electrons. The predicted molar refractivity (Wildman–Crippen MR) is 83.3 cm³/mol. The summed E-state index contributed by atoms with van der Waals surface area (Å²) >= 11 is 0. The van der Waals surface area contributed by atoms with Crippen LogP contribution in [0.5, 0.6) is 0 Å². The molecule has 2 bridgehead atoms. The number of fused-ring (bicyclic) bond motifs is 2. The van der Waals surface area contributed by atoms with Gasteiger partial charge in [0.15, 0.2) is 0 Å². The molecule has 3 fully saturated rings. The minimum atomic E-state index is -0.866. The Balaban J connectivity index is 2.66. The van der Waals surface area contributed by atoms with Crippen LogP contribution >= 0.6 is 0 Å². The lowest BCUT2D eigenvalue weighted by atomic mass is 9.29. The summed E-state index contributed by atoms with van der Waals surface area (Å²) in [6, 6.07) is 0. The SMILES string of the molecule is C=C1[C@H]2[C@@H](C(C)(C)C)[C@]1(CO)[C@](O)(C(C)C)CC2(C)C. The van der Waals surface area contributed by atoms with Crippen molar-refractivity contribution >= 4 is 0 Å². The van der Waals surface area contributed by atoms with Crippen LogP contribution in [0.25, 0.3) is 0 Å². The van der Waals surface area contributed by atoms with E-state index in [2.05, 4.69) is 55.0 Å². The third-order valence-electron chi connectivity index (χ3n) is 6.29. The van der Waals surface area contributed by atoms with Crippen molar-refractivity contribution in [2.75, 3.05) is 6.61 Å². The fraction of sp³-hybridized carbons (Fsp3) is 0.889. The maximum atomic E-state index is 11.5. The van der Waals surface area contributed by atoms with E-state index in [0.29, 0.717) is 5.92 Å². The Bertz CT molecular complexity index is 429. The van der Waals surface area contributed by atoms with Gasteiger partial charge in [0, 0.05) is 5.41 Å². The van der Waals surface area contributed by atoms with Gasteiger partial charge in [-0.2, -0.15) is 0 Å². The molecule has 3 aliphatic rings. The lowest BCUT2D eigenvalue weighted by Crippen LogP contribution is -2.77. The fourth-order valence-electron chi connectivity index (χ4n) is 5.59. The molecule has 20 heavy (non-hydrogen) atoms. The standard InChI is InChI=1S/C18H32O2/c1-11(2)18(20)9-16(7,8)13-12(3)17(18,10-19)14(13)15(4,5)6/h11,13-14,19-20H,3,9-10H2,1-2,4-8H3/t13-,14-,17+,18+/m0/s1. The van der Waals surface area contributed by atoms with Crippen molar-refractivity contribution in [2.45, 2.75) is 60.5 Å². The highest BCUT2D eigenvalue weighted by Gasteiger charge is 2.76. The fourth-order valence-corrected chi connectivity index (χ4v) is 5.59. The Morgan fingerprint density at radius 1 is 1.30 bits per heavy atom. The van der Waals surface area contributed by atoms with Gasteiger partial charge >= 0.3 is 0 Å². The van der Waals surface area contributed by atoms with E-state index >= 15 is 0 Å². The van der Waals surface area contributed by atoms with Crippen LogP contribution in [-0.4, -0.2) is 22.4 Å². The van der Waals surface area contributed by atoms with E-state index in [0.717, 1.165) is 12.0 Å². The summed E-state index contributed by atoms with van der Waals surface area (Å²) in [7, 11) is 0. The van der Waals surface area contributed by atoms with E-state index in [-0.39, 0.29) is 29.3 Å². The van der Waals surface area contributed by atoms with Crippen LogP contribution in [0, 0.1) is 34.0 Å². The van der Waals surface area contributed by atoms with E-state index in [9.17, 15) is 10.2 Å². The summed E-state index contributed by atoms with van der Waals surface area (Å²) in [4.78, 5) is 0. The lowest BCUT2D eigenvalue weighted by molar-refractivity contribution is -0.284. The van der Waals surface area contributed by atoms with Gasteiger partial charge in [-0.3, -0.25) is 0 Å². The molecule has 0 aromatic carbocycles. The molecule has 0 aromatic heterocycles. The molecule has 2 N–H and O–H groups in total. The van der Waals surface area contributed by atoms with Crippen LogP contribution in [0.1, 0.15) is 54.9 Å². The average molecular weight is 280 g/mol. The lowest BCUT2D eigenvalue weighted by Gasteiger charge is -2.76. The van der Waals surface area contributed by atoms with Gasteiger partial charge in [-0.05, 0) is 35.0 Å². The summed E-state index contributed by atoms with van der Waals surface area (Å²) in [5, 5.41) is 21.8. The Morgan fingerprint density at radius 2 is 1.80 bits per heavy atom. The van der Waals surface area contributed by atoms with Crippen LogP contribution in [-0.2, 0) is 0 Å². The molecular formula is C18H32O2. The Kier molecular flexibility index (Phi) is 3.29. The van der Waals surface area contributed by atoms with E-state index in [4.69, 9.17) is 0 Å². The number of rotatable bonds is 2. The van der Waals surface area contributed by atoms with Crippen molar-refractivity contribution in [1.29, 1.82) is 0 Å². The summed E-state index contributed by atoms with van der Waals surface area (Å²) < 4.78 is 0. The van der Waals surface area contributed by atoms with Gasteiger partial charge in [0.2, 0.25) is 0 Å². The molecular weight excluding hydrogens is 248 g/mol. The molecule has 0 aliphatic heterocycles. The Labute approximate surface area is 124 Å². The minimum absolute atomic E-state index is 0.00896. The third-order valence-corrected chi connectivity index (χ3v) is 6.29. The second-order valence-electron chi connectivity index (χ2n) is 9.22. The molecule has 0 amide bonds. The molecule has 3 rings (SSSR count). The number of aliphatic hydroxyl groups excluding tert-OH is 1. The van der Waals surface area contributed by atoms with Crippen molar-refractivity contribution in [3.8, 4) is 0 Å². The maximum Gasteiger partial charge on any atom is 0.0793 e. The van der Waals surface area contributed by atoms with Crippen LogP contribution in [0.2, 0.25) is 0 Å². The van der Waals surface area contributed by atoms with E-state index in [1.165, 1.54) is 0 Å². The van der Waals surface area contributed by atoms with Crippen molar-refractivity contribution in [3.05, 3.63) is 12.2 Å². The summed E-state index contributed by atoms with van der Waals surface area (Å²) in [6.07, 6.45) is 0.745. The van der Waals surface area contributed by atoms with E-state index in [1.54, 1.807) is 0 Å². The van der Waals surface area contributed by atoms with Crippen molar-refractivity contribution in [2.24, 2.45) is 34.0 Å². The zero-order chi connectivity index (χ0) is 15.7. The molecule has 0 spiro atoms. The molecule has 3 saturated carbocycles. The first-order chi connectivity index (χ1) is 8.86. The predicted octanol–water partition coefficient (Wildman–Crippen LogP) is 3.63. The number of hydrogen-bond acceptors (Lipinski definition) is 2. The molecule has 3 aliphatic carbocycles. The first-order valence-corrected chi connectivity index (χ1v) is 7.89. The monoisotopic (exact) mass is 280 g/mol. The van der Waals surface area contributed by atoms with Crippen LogP contribution in [0.15, 0.2) is 12.2 Å².